The summed E-state index contributed by atoms with van der Waals surface area (Å²) in [4.78, 5) is 0.744. The van der Waals surface area contributed by atoms with Crippen molar-refractivity contribution in [1.82, 2.24) is 0 Å². The first-order chi connectivity index (χ1) is 7.55. The summed E-state index contributed by atoms with van der Waals surface area (Å²) in [5.41, 5.74) is 5.86. The van der Waals surface area contributed by atoms with E-state index in [1.807, 2.05) is 12.1 Å². The highest BCUT2D eigenvalue weighted by molar-refractivity contribution is 7.99. The molecule has 0 fully saturated rings. The maximum absolute atomic E-state index is 13.3. The van der Waals surface area contributed by atoms with E-state index in [-0.39, 0.29) is 11.2 Å². The van der Waals surface area contributed by atoms with Gasteiger partial charge in [0.15, 0.2) is 0 Å². The fraction of sp³-hybridized carbons (Fsp3) is 0.538. The lowest BCUT2D eigenvalue weighted by atomic mass is 9.88. The summed E-state index contributed by atoms with van der Waals surface area (Å²) in [6.45, 7) is 5.04. The first-order valence-corrected chi connectivity index (χ1v) is 6.61. The molecule has 16 heavy (non-hydrogen) atoms. The van der Waals surface area contributed by atoms with E-state index < -0.39 is 0 Å². The number of nitrogens with two attached hydrogens (primary N) is 1. The summed E-state index contributed by atoms with van der Waals surface area (Å²) in [6.07, 6.45) is 2.16. The van der Waals surface area contributed by atoms with Crippen LogP contribution >= 0.6 is 11.8 Å². The minimum Gasteiger partial charge on any atom is -0.330 e. The zero-order valence-electron chi connectivity index (χ0n) is 10.0. The summed E-state index contributed by atoms with van der Waals surface area (Å²) < 4.78 is 13.3. The highest BCUT2D eigenvalue weighted by atomic mass is 32.2. The predicted octanol–water partition coefficient (Wildman–Crippen LogP) is 3.68. The largest absolute Gasteiger partial charge is 0.330 e. The van der Waals surface area contributed by atoms with Gasteiger partial charge in [0.2, 0.25) is 0 Å². The Morgan fingerprint density at radius 2 is 2.00 bits per heavy atom. The van der Waals surface area contributed by atoms with Crippen LogP contribution in [0.1, 0.15) is 26.7 Å². The number of benzene rings is 1. The van der Waals surface area contributed by atoms with Crippen molar-refractivity contribution >= 4 is 11.8 Å². The number of hydrogen-bond donors (Lipinski definition) is 1. The monoisotopic (exact) mass is 241 g/mol. The minimum absolute atomic E-state index is 0.120. The molecule has 90 valence electrons. The summed E-state index contributed by atoms with van der Waals surface area (Å²) in [7, 11) is 0. The Morgan fingerprint density at radius 3 is 2.62 bits per heavy atom. The van der Waals surface area contributed by atoms with Gasteiger partial charge in [-0.15, -0.1) is 11.8 Å². The smallest absolute Gasteiger partial charge is 0.136 e. The van der Waals surface area contributed by atoms with Crippen molar-refractivity contribution in [2.24, 2.45) is 11.1 Å². The van der Waals surface area contributed by atoms with E-state index in [0.717, 1.165) is 23.5 Å². The van der Waals surface area contributed by atoms with Gasteiger partial charge in [0.1, 0.15) is 5.82 Å². The molecule has 0 aliphatic heterocycles. The molecule has 1 nitrogen and oxygen atoms in total. The van der Waals surface area contributed by atoms with Crippen LogP contribution in [0.15, 0.2) is 29.2 Å². The summed E-state index contributed by atoms with van der Waals surface area (Å²) in [6, 6.07) is 6.92. The van der Waals surface area contributed by atoms with Crippen LogP contribution in [0, 0.1) is 11.2 Å². The molecule has 0 amide bonds. The lowest BCUT2D eigenvalue weighted by Gasteiger charge is -2.21. The standard InChI is InChI=1S/C13H20FNS/c1-13(2,10-15)8-5-9-16-12-7-4-3-6-11(12)14/h3-4,6-7H,5,8-10,15H2,1-2H3. The van der Waals surface area contributed by atoms with Crippen LogP contribution < -0.4 is 5.73 Å². The quantitative estimate of drug-likeness (QED) is 0.607. The molecule has 0 saturated carbocycles. The van der Waals surface area contributed by atoms with Crippen LogP contribution in [-0.2, 0) is 0 Å². The molecule has 0 unspecified atom stereocenters. The van der Waals surface area contributed by atoms with Gasteiger partial charge in [-0.05, 0) is 42.7 Å². The van der Waals surface area contributed by atoms with Crippen LogP contribution in [0.4, 0.5) is 4.39 Å². The molecule has 0 saturated heterocycles. The van der Waals surface area contributed by atoms with Crippen LogP contribution in [0.5, 0.6) is 0 Å². The van der Waals surface area contributed by atoms with E-state index in [1.54, 1.807) is 17.8 Å². The normalized spacial score (nSPS) is 11.8. The van der Waals surface area contributed by atoms with Crippen LogP contribution in [0.3, 0.4) is 0 Å². The van der Waals surface area contributed by atoms with Gasteiger partial charge in [0, 0.05) is 4.90 Å². The van der Waals surface area contributed by atoms with Crippen molar-refractivity contribution in [3.63, 3.8) is 0 Å². The number of thioether (sulfide) groups is 1. The molecular weight excluding hydrogens is 221 g/mol. The molecule has 0 atom stereocenters. The predicted molar refractivity (Wildman–Crippen MR) is 69.2 cm³/mol. The molecule has 0 aliphatic rings. The highest BCUT2D eigenvalue weighted by Gasteiger charge is 2.14. The number of rotatable bonds is 6. The van der Waals surface area contributed by atoms with Crippen molar-refractivity contribution in [3.05, 3.63) is 30.1 Å². The average Bonchev–Trinajstić information content (AvgIpc) is 2.27. The molecule has 0 aliphatic carbocycles. The second-order valence-corrected chi connectivity index (χ2v) is 5.89. The molecular formula is C13H20FNS. The van der Waals surface area contributed by atoms with E-state index >= 15 is 0 Å². The Bertz CT molecular complexity index is 325. The van der Waals surface area contributed by atoms with Crippen LogP contribution in [0.2, 0.25) is 0 Å². The van der Waals surface area contributed by atoms with Crippen molar-refractivity contribution in [2.75, 3.05) is 12.3 Å². The van der Waals surface area contributed by atoms with Crippen molar-refractivity contribution < 1.29 is 4.39 Å². The molecule has 2 N–H and O–H groups in total. The molecule has 0 aromatic heterocycles. The third-order valence-corrected chi connectivity index (χ3v) is 3.78. The fourth-order valence-electron chi connectivity index (χ4n) is 1.40. The minimum atomic E-state index is -0.120. The van der Waals surface area contributed by atoms with Crippen molar-refractivity contribution in [3.8, 4) is 0 Å². The lowest BCUT2D eigenvalue weighted by Crippen LogP contribution is -2.23. The van der Waals surface area contributed by atoms with Crippen LogP contribution in [0.25, 0.3) is 0 Å². The molecule has 3 heteroatoms. The Kier molecular flexibility index (Phi) is 5.29. The number of halogens is 1. The second kappa shape index (κ2) is 6.26. The van der Waals surface area contributed by atoms with Gasteiger partial charge >= 0.3 is 0 Å². The first kappa shape index (κ1) is 13.5. The van der Waals surface area contributed by atoms with E-state index in [0.29, 0.717) is 6.54 Å². The fourth-order valence-corrected chi connectivity index (χ4v) is 2.29. The van der Waals surface area contributed by atoms with Gasteiger partial charge in [-0.1, -0.05) is 26.0 Å². The lowest BCUT2D eigenvalue weighted by molar-refractivity contribution is 0.345. The zero-order chi connectivity index (χ0) is 12.0. The second-order valence-electron chi connectivity index (χ2n) is 4.75. The Balaban J connectivity index is 2.29. The summed E-state index contributed by atoms with van der Waals surface area (Å²) >= 11 is 1.58. The summed E-state index contributed by atoms with van der Waals surface area (Å²) in [5.74, 6) is 0.829. The molecule has 0 bridgehead atoms. The maximum atomic E-state index is 13.3. The van der Waals surface area contributed by atoms with E-state index in [1.165, 1.54) is 6.07 Å². The van der Waals surface area contributed by atoms with E-state index in [4.69, 9.17) is 5.73 Å². The molecule has 0 heterocycles. The molecule has 0 radical (unpaired) electrons. The SMILES string of the molecule is CC(C)(CN)CCCSc1ccccc1F. The van der Waals surface area contributed by atoms with Gasteiger partial charge < -0.3 is 5.73 Å². The van der Waals surface area contributed by atoms with E-state index in [2.05, 4.69) is 13.8 Å². The van der Waals surface area contributed by atoms with Gasteiger partial charge in [0.05, 0.1) is 0 Å². The zero-order valence-corrected chi connectivity index (χ0v) is 10.8. The Labute approximate surface area is 102 Å². The van der Waals surface area contributed by atoms with Crippen molar-refractivity contribution in [1.29, 1.82) is 0 Å². The molecule has 0 spiro atoms. The average molecular weight is 241 g/mol. The third-order valence-electron chi connectivity index (χ3n) is 2.64. The van der Waals surface area contributed by atoms with Gasteiger partial charge in [-0.2, -0.15) is 0 Å². The summed E-state index contributed by atoms with van der Waals surface area (Å²) in [5, 5.41) is 0. The Morgan fingerprint density at radius 1 is 1.31 bits per heavy atom. The number of hydrogen-bond acceptors (Lipinski definition) is 2. The van der Waals surface area contributed by atoms with E-state index in [9.17, 15) is 4.39 Å². The topological polar surface area (TPSA) is 26.0 Å². The van der Waals surface area contributed by atoms with Crippen LogP contribution in [-0.4, -0.2) is 12.3 Å². The molecule has 1 rings (SSSR count). The maximum Gasteiger partial charge on any atom is 0.136 e. The molecule has 1 aromatic rings. The van der Waals surface area contributed by atoms with Gasteiger partial charge in [0.25, 0.3) is 0 Å². The first-order valence-electron chi connectivity index (χ1n) is 5.62. The molecule has 1 aromatic carbocycles. The highest BCUT2D eigenvalue weighted by Crippen LogP contribution is 2.26. The van der Waals surface area contributed by atoms with Crippen molar-refractivity contribution in [2.45, 2.75) is 31.6 Å². The third kappa shape index (κ3) is 4.54. The Hall–Kier alpha value is -0.540. The van der Waals surface area contributed by atoms with Gasteiger partial charge in [-0.3, -0.25) is 0 Å². The van der Waals surface area contributed by atoms with Gasteiger partial charge in [-0.25, -0.2) is 4.39 Å².